The maximum atomic E-state index is 3.40. The monoisotopic (exact) mass is 163 g/mol. The van der Waals surface area contributed by atoms with Crippen molar-refractivity contribution in [1.29, 1.82) is 0 Å². The van der Waals surface area contributed by atoms with Crippen molar-refractivity contribution in [1.82, 2.24) is 0 Å². The largest absolute Gasteiger partial charge is 0.385 e. The highest BCUT2D eigenvalue weighted by Gasteiger charge is 2.00. The topological polar surface area (TPSA) is 12.0 Å². The lowest BCUT2D eigenvalue weighted by molar-refractivity contribution is 1.10. The summed E-state index contributed by atoms with van der Waals surface area (Å²) in [5.41, 5.74) is 4.08. The Kier molecular flexibility index (Phi) is 3.15. The van der Waals surface area contributed by atoms with Gasteiger partial charge >= 0.3 is 0 Å². The second-order valence-electron chi connectivity index (χ2n) is 2.99. The first-order chi connectivity index (χ1) is 5.79. The summed E-state index contributed by atoms with van der Waals surface area (Å²) in [6, 6.07) is 6.46. The van der Waals surface area contributed by atoms with Gasteiger partial charge in [-0.05, 0) is 31.4 Å². The summed E-state index contributed by atoms with van der Waals surface area (Å²) in [6.07, 6.45) is 1.10. The maximum Gasteiger partial charge on any atom is 0.0402 e. The average molecular weight is 163 g/mol. The Morgan fingerprint density at radius 2 is 2.00 bits per heavy atom. The van der Waals surface area contributed by atoms with Crippen LogP contribution < -0.4 is 5.32 Å². The molecule has 66 valence electrons. The molecular formula is C11H17N. The predicted molar refractivity (Wildman–Crippen MR) is 54.7 cm³/mol. The minimum Gasteiger partial charge on any atom is -0.385 e. The van der Waals surface area contributed by atoms with Crippen LogP contribution in [0.25, 0.3) is 0 Å². The zero-order valence-corrected chi connectivity index (χ0v) is 8.15. The minimum atomic E-state index is 0.998. The summed E-state index contributed by atoms with van der Waals surface area (Å²) in [6.45, 7) is 7.47. The number of para-hydroxylation sites is 1. The molecule has 1 rings (SSSR count). The zero-order chi connectivity index (χ0) is 8.97. The van der Waals surface area contributed by atoms with E-state index in [4.69, 9.17) is 0 Å². The molecule has 0 aromatic heterocycles. The van der Waals surface area contributed by atoms with Crippen molar-refractivity contribution >= 4 is 5.69 Å². The summed E-state index contributed by atoms with van der Waals surface area (Å²) in [4.78, 5) is 0. The summed E-state index contributed by atoms with van der Waals surface area (Å²) < 4.78 is 0. The third-order valence-electron chi connectivity index (χ3n) is 2.09. The summed E-state index contributed by atoms with van der Waals surface area (Å²) in [5, 5.41) is 3.40. The Morgan fingerprint density at radius 1 is 1.25 bits per heavy atom. The van der Waals surface area contributed by atoms with Crippen molar-refractivity contribution in [3.63, 3.8) is 0 Å². The predicted octanol–water partition coefficient (Wildman–Crippen LogP) is 2.99. The Hall–Kier alpha value is -0.980. The van der Waals surface area contributed by atoms with Crippen LogP contribution in [0.5, 0.6) is 0 Å². The van der Waals surface area contributed by atoms with Gasteiger partial charge in [-0.3, -0.25) is 0 Å². The molecule has 1 heteroatoms. The van der Waals surface area contributed by atoms with Crippen molar-refractivity contribution in [2.45, 2.75) is 27.2 Å². The van der Waals surface area contributed by atoms with Crippen molar-refractivity contribution in [2.75, 3.05) is 11.9 Å². The van der Waals surface area contributed by atoms with E-state index in [9.17, 15) is 0 Å². The van der Waals surface area contributed by atoms with Gasteiger partial charge in [-0.1, -0.05) is 25.1 Å². The summed E-state index contributed by atoms with van der Waals surface area (Å²) in [7, 11) is 0. The molecule has 0 aliphatic rings. The molecule has 0 fully saturated rings. The van der Waals surface area contributed by atoms with Crippen LogP contribution in [-0.4, -0.2) is 6.54 Å². The van der Waals surface area contributed by atoms with Crippen molar-refractivity contribution in [3.8, 4) is 0 Å². The first-order valence-corrected chi connectivity index (χ1v) is 4.62. The molecule has 1 aromatic carbocycles. The van der Waals surface area contributed by atoms with E-state index in [0.29, 0.717) is 0 Å². The third kappa shape index (κ3) is 1.79. The lowest BCUT2D eigenvalue weighted by Crippen LogP contribution is -2.02. The molecule has 0 amide bonds. The molecule has 0 unspecified atom stereocenters. The molecule has 1 N–H and O–H groups in total. The van der Waals surface area contributed by atoms with Crippen LogP contribution in [0, 0.1) is 6.92 Å². The number of benzene rings is 1. The number of aryl methyl sites for hydroxylation is 2. The maximum absolute atomic E-state index is 3.40. The Labute approximate surface area is 74.8 Å². The van der Waals surface area contributed by atoms with E-state index in [1.807, 2.05) is 0 Å². The van der Waals surface area contributed by atoms with Gasteiger partial charge in [0.15, 0.2) is 0 Å². The first-order valence-electron chi connectivity index (χ1n) is 4.62. The van der Waals surface area contributed by atoms with Gasteiger partial charge in [-0.15, -0.1) is 0 Å². The number of hydrogen-bond acceptors (Lipinski definition) is 1. The zero-order valence-electron chi connectivity index (χ0n) is 8.15. The Bertz CT molecular complexity index is 253. The molecule has 0 bridgehead atoms. The molecule has 1 aromatic rings. The smallest absolute Gasteiger partial charge is 0.0402 e. The Morgan fingerprint density at radius 3 is 2.58 bits per heavy atom. The van der Waals surface area contributed by atoms with E-state index in [-0.39, 0.29) is 0 Å². The van der Waals surface area contributed by atoms with Gasteiger partial charge in [0, 0.05) is 12.2 Å². The normalized spacial score (nSPS) is 9.92. The number of nitrogens with one attached hydrogen (secondary N) is 1. The molecule has 0 aliphatic heterocycles. The van der Waals surface area contributed by atoms with E-state index in [1.165, 1.54) is 16.8 Å². The first kappa shape index (κ1) is 9.11. The molecule has 0 aliphatic carbocycles. The van der Waals surface area contributed by atoms with Gasteiger partial charge in [0.2, 0.25) is 0 Å². The fourth-order valence-electron chi connectivity index (χ4n) is 1.45. The van der Waals surface area contributed by atoms with Crippen LogP contribution in [0.2, 0.25) is 0 Å². The average Bonchev–Trinajstić information content (AvgIpc) is 2.09. The van der Waals surface area contributed by atoms with Gasteiger partial charge < -0.3 is 5.32 Å². The van der Waals surface area contributed by atoms with Gasteiger partial charge in [-0.2, -0.15) is 0 Å². The fraction of sp³-hybridized carbons (Fsp3) is 0.455. The quantitative estimate of drug-likeness (QED) is 0.722. The van der Waals surface area contributed by atoms with Crippen LogP contribution in [0.15, 0.2) is 18.2 Å². The molecule has 0 radical (unpaired) electrons. The molecular weight excluding hydrogens is 146 g/mol. The van der Waals surface area contributed by atoms with Gasteiger partial charge in [0.1, 0.15) is 0 Å². The molecule has 0 spiro atoms. The van der Waals surface area contributed by atoms with Crippen molar-refractivity contribution in [3.05, 3.63) is 29.3 Å². The van der Waals surface area contributed by atoms with Gasteiger partial charge in [0.05, 0.1) is 0 Å². The van der Waals surface area contributed by atoms with Gasteiger partial charge in [0.25, 0.3) is 0 Å². The Balaban J connectivity index is 3.02. The summed E-state index contributed by atoms with van der Waals surface area (Å²) >= 11 is 0. The lowest BCUT2D eigenvalue weighted by atomic mass is 10.1. The van der Waals surface area contributed by atoms with Crippen molar-refractivity contribution < 1.29 is 0 Å². The highest BCUT2D eigenvalue weighted by Crippen LogP contribution is 2.20. The van der Waals surface area contributed by atoms with Crippen LogP contribution in [-0.2, 0) is 6.42 Å². The fourth-order valence-corrected chi connectivity index (χ4v) is 1.45. The second kappa shape index (κ2) is 4.15. The highest BCUT2D eigenvalue weighted by atomic mass is 14.9. The van der Waals surface area contributed by atoms with Crippen LogP contribution in [0.3, 0.4) is 0 Å². The van der Waals surface area contributed by atoms with Crippen LogP contribution >= 0.6 is 0 Å². The van der Waals surface area contributed by atoms with E-state index < -0.39 is 0 Å². The van der Waals surface area contributed by atoms with Gasteiger partial charge in [-0.25, -0.2) is 0 Å². The SMILES string of the molecule is CCNc1c(C)cccc1CC. The third-order valence-corrected chi connectivity index (χ3v) is 2.09. The van der Waals surface area contributed by atoms with E-state index in [1.54, 1.807) is 0 Å². The second-order valence-corrected chi connectivity index (χ2v) is 2.99. The van der Waals surface area contributed by atoms with E-state index in [2.05, 4.69) is 44.3 Å². The molecule has 0 saturated heterocycles. The number of anilines is 1. The van der Waals surface area contributed by atoms with Crippen molar-refractivity contribution in [2.24, 2.45) is 0 Å². The molecule has 0 atom stereocenters. The highest BCUT2D eigenvalue weighted by molar-refractivity contribution is 5.57. The minimum absolute atomic E-state index is 0.998. The summed E-state index contributed by atoms with van der Waals surface area (Å²) in [5.74, 6) is 0. The molecule has 1 nitrogen and oxygen atoms in total. The van der Waals surface area contributed by atoms with E-state index in [0.717, 1.165) is 13.0 Å². The number of rotatable bonds is 3. The molecule has 0 heterocycles. The van der Waals surface area contributed by atoms with E-state index >= 15 is 0 Å². The standard InChI is InChI=1S/C11H17N/c1-4-10-8-6-7-9(3)11(10)12-5-2/h6-8,12H,4-5H2,1-3H3. The van der Waals surface area contributed by atoms with Crippen LogP contribution in [0.1, 0.15) is 25.0 Å². The molecule has 0 saturated carbocycles. The van der Waals surface area contributed by atoms with Crippen LogP contribution in [0.4, 0.5) is 5.69 Å². The molecule has 12 heavy (non-hydrogen) atoms. The number of hydrogen-bond donors (Lipinski definition) is 1. The lowest BCUT2D eigenvalue weighted by Gasteiger charge is -2.11.